The quantitative estimate of drug-likeness (QED) is 0.586. The van der Waals surface area contributed by atoms with Gasteiger partial charge in [0, 0.05) is 39.3 Å². The Balaban J connectivity index is 1.15. The van der Waals surface area contributed by atoms with Crippen LogP contribution in [-0.4, -0.2) is 64.5 Å². The van der Waals surface area contributed by atoms with Crippen molar-refractivity contribution in [3.05, 3.63) is 66.5 Å². The van der Waals surface area contributed by atoms with Crippen LogP contribution in [0.2, 0.25) is 0 Å². The van der Waals surface area contributed by atoms with Crippen LogP contribution >= 0.6 is 0 Å². The Labute approximate surface area is 178 Å². The molecule has 1 fully saturated rings. The number of carbonyl (C=O) groups is 1. The number of benzene rings is 2. The van der Waals surface area contributed by atoms with Crippen LogP contribution < -0.4 is 5.32 Å². The van der Waals surface area contributed by atoms with E-state index in [2.05, 4.69) is 50.4 Å². The van der Waals surface area contributed by atoms with Crippen LogP contribution in [0.3, 0.4) is 0 Å². The summed E-state index contributed by atoms with van der Waals surface area (Å²) in [5, 5.41) is 3.09. The molecule has 0 radical (unpaired) electrons. The van der Waals surface area contributed by atoms with Crippen molar-refractivity contribution in [1.29, 1.82) is 0 Å². The van der Waals surface area contributed by atoms with Gasteiger partial charge in [0.2, 0.25) is 5.91 Å². The molecule has 1 aliphatic rings. The van der Waals surface area contributed by atoms with Crippen LogP contribution in [0.5, 0.6) is 0 Å². The highest BCUT2D eigenvalue weighted by molar-refractivity contribution is 5.83. The van der Waals surface area contributed by atoms with E-state index < -0.39 is 0 Å². The highest BCUT2D eigenvalue weighted by Gasteiger charge is 2.18. The minimum atomic E-state index is -0.265. The number of fused-ring (bicyclic) bond motifs is 1. The van der Waals surface area contributed by atoms with Gasteiger partial charge in [0.15, 0.2) is 0 Å². The van der Waals surface area contributed by atoms with Gasteiger partial charge in [-0.25, -0.2) is 4.98 Å². The molecule has 1 unspecified atom stereocenters. The lowest BCUT2D eigenvalue weighted by Crippen LogP contribution is -2.46. The summed E-state index contributed by atoms with van der Waals surface area (Å²) in [6.45, 7) is 9.09. The molecule has 1 saturated heterocycles. The van der Waals surface area contributed by atoms with E-state index in [0.717, 1.165) is 56.7 Å². The normalized spacial score (nSPS) is 16.6. The van der Waals surface area contributed by atoms with Gasteiger partial charge in [-0.15, -0.1) is 0 Å². The van der Waals surface area contributed by atoms with Crippen LogP contribution in [0.4, 0.5) is 0 Å². The van der Waals surface area contributed by atoms with Gasteiger partial charge < -0.3 is 14.8 Å². The SMILES string of the molecule is CC(C(=O)NCCCN1CCN(Cc2ccccc2)CC1)n1cnc2ccccc21. The predicted octanol–water partition coefficient (Wildman–Crippen LogP) is 2.92. The average molecular weight is 406 g/mol. The number of nitrogens with one attached hydrogen (secondary N) is 1. The summed E-state index contributed by atoms with van der Waals surface area (Å²) in [7, 11) is 0. The third-order valence-electron chi connectivity index (χ3n) is 5.94. The molecule has 0 aliphatic carbocycles. The van der Waals surface area contributed by atoms with Crippen LogP contribution in [0.15, 0.2) is 60.9 Å². The number of nitrogens with zero attached hydrogens (tertiary/aromatic N) is 4. The average Bonchev–Trinajstić information content (AvgIpc) is 3.22. The van der Waals surface area contributed by atoms with Crippen molar-refractivity contribution in [2.75, 3.05) is 39.3 Å². The Kier molecular flexibility index (Phi) is 6.77. The van der Waals surface area contributed by atoms with E-state index in [1.165, 1.54) is 5.56 Å². The van der Waals surface area contributed by atoms with E-state index in [-0.39, 0.29) is 11.9 Å². The number of hydrogen-bond acceptors (Lipinski definition) is 4. The molecule has 3 aromatic rings. The van der Waals surface area contributed by atoms with Gasteiger partial charge in [-0.3, -0.25) is 9.69 Å². The summed E-state index contributed by atoms with van der Waals surface area (Å²) < 4.78 is 1.94. The number of aromatic nitrogens is 2. The first-order chi connectivity index (χ1) is 14.7. The number of amides is 1. The first-order valence-electron chi connectivity index (χ1n) is 10.9. The molecule has 1 N–H and O–H groups in total. The van der Waals surface area contributed by atoms with E-state index in [0.29, 0.717) is 6.54 Å². The van der Waals surface area contributed by atoms with Gasteiger partial charge in [0.1, 0.15) is 6.04 Å². The topological polar surface area (TPSA) is 53.4 Å². The van der Waals surface area contributed by atoms with E-state index in [4.69, 9.17) is 0 Å². The molecule has 0 spiro atoms. The lowest BCUT2D eigenvalue weighted by atomic mass is 10.2. The van der Waals surface area contributed by atoms with Gasteiger partial charge in [0.05, 0.1) is 17.4 Å². The molecular formula is C24H31N5O. The molecule has 158 valence electrons. The Morgan fingerprint density at radius 2 is 1.70 bits per heavy atom. The van der Waals surface area contributed by atoms with E-state index in [9.17, 15) is 4.79 Å². The number of rotatable bonds is 8. The molecule has 2 aromatic carbocycles. The smallest absolute Gasteiger partial charge is 0.242 e. The fourth-order valence-corrected chi connectivity index (χ4v) is 4.09. The largest absolute Gasteiger partial charge is 0.354 e. The molecule has 1 atom stereocenters. The van der Waals surface area contributed by atoms with E-state index in [1.54, 1.807) is 6.33 Å². The maximum absolute atomic E-state index is 12.6. The number of para-hydroxylation sites is 2. The van der Waals surface area contributed by atoms with Crippen molar-refractivity contribution >= 4 is 16.9 Å². The number of piperazine rings is 1. The van der Waals surface area contributed by atoms with Gasteiger partial charge in [0.25, 0.3) is 0 Å². The molecule has 1 aliphatic heterocycles. The third-order valence-corrected chi connectivity index (χ3v) is 5.94. The molecule has 1 amide bonds. The van der Waals surface area contributed by atoms with Crippen LogP contribution in [0, 0.1) is 0 Å². The van der Waals surface area contributed by atoms with E-state index >= 15 is 0 Å². The Morgan fingerprint density at radius 1 is 1.00 bits per heavy atom. The Hall–Kier alpha value is -2.70. The summed E-state index contributed by atoms with van der Waals surface area (Å²) in [4.78, 5) is 22.0. The van der Waals surface area contributed by atoms with Crippen molar-refractivity contribution in [3.8, 4) is 0 Å². The molecule has 0 saturated carbocycles. The van der Waals surface area contributed by atoms with Gasteiger partial charge in [-0.1, -0.05) is 42.5 Å². The first kappa shape index (κ1) is 20.6. The number of hydrogen-bond donors (Lipinski definition) is 1. The highest BCUT2D eigenvalue weighted by atomic mass is 16.2. The van der Waals surface area contributed by atoms with Gasteiger partial charge in [-0.2, -0.15) is 0 Å². The van der Waals surface area contributed by atoms with E-state index in [1.807, 2.05) is 35.8 Å². The summed E-state index contributed by atoms with van der Waals surface area (Å²) in [6.07, 6.45) is 2.73. The van der Waals surface area contributed by atoms with Crippen LogP contribution in [-0.2, 0) is 11.3 Å². The van der Waals surface area contributed by atoms with Crippen molar-refractivity contribution in [2.45, 2.75) is 25.9 Å². The molecular weight excluding hydrogens is 374 g/mol. The summed E-state index contributed by atoms with van der Waals surface area (Å²) in [5.74, 6) is 0.0471. The zero-order valence-corrected chi connectivity index (χ0v) is 17.7. The minimum Gasteiger partial charge on any atom is -0.354 e. The lowest BCUT2D eigenvalue weighted by molar-refractivity contribution is -0.123. The zero-order valence-electron chi connectivity index (χ0n) is 17.7. The maximum Gasteiger partial charge on any atom is 0.242 e. The fraction of sp³-hybridized carbons (Fsp3) is 0.417. The van der Waals surface area contributed by atoms with Gasteiger partial charge >= 0.3 is 0 Å². The molecule has 30 heavy (non-hydrogen) atoms. The predicted molar refractivity (Wildman–Crippen MR) is 120 cm³/mol. The van der Waals surface area contributed by atoms with Crippen LogP contribution in [0.25, 0.3) is 11.0 Å². The standard InChI is InChI=1S/C24H31N5O/c1-20(29-19-26-22-10-5-6-11-23(22)29)24(30)25-12-7-13-27-14-16-28(17-15-27)18-21-8-3-2-4-9-21/h2-6,8-11,19-20H,7,12-18H2,1H3,(H,25,30). The molecule has 1 aromatic heterocycles. The second-order valence-electron chi connectivity index (χ2n) is 8.06. The van der Waals surface area contributed by atoms with Crippen LogP contribution in [0.1, 0.15) is 24.9 Å². The summed E-state index contributed by atoms with van der Waals surface area (Å²) in [6, 6.07) is 18.3. The molecule has 6 nitrogen and oxygen atoms in total. The minimum absolute atomic E-state index is 0.0471. The van der Waals surface area contributed by atoms with Crippen molar-refractivity contribution < 1.29 is 4.79 Å². The molecule has 6 heteroatoms. The maximum atomic E-state index is 12.6. The zero-order chi connectivity index (χ0) is 20.8. The van der Waals surface area contributed by atoms with Gasteiger partial charge in [-0.05, 0) is 37.6 Å². The number of imidazole rings is 1. The molecule has 4 rings (SSSR count). The van der Waals surface area contributed by atoms with Crippen molar-refractivity contribution in [1.82, 2.24) is 24.7 Å². The highest BCUT2D eigenvalue weighted by Crippen LogP contribution is 2.17. The first-order valence-corrected chi connectivity index (χ1v) is 10.9. The van der Waals surface area contributed by atoms with Crippen molar-refractivity contribution in [3.63, 3.8) is 0 Å². The number of carbonyl (C=O) groups excluding carboxylic acids is 1. The third kappa shape index (κ3) is 5.07. The Morgan fingerprint density at radius 3 is 2.50 bits per heavy atom. The monoisotopic (exact) mass is 405 g/mol. The second-order valence-corrected chi connectivity index (χ2v) is 8.06. The summed E-state index contributed by atoms with van der Waals surface area (Å²) in [5.41, 5.74) is 3.30. The molecule has 2 heterocycles. The second kappa shape index (κ2) is 9.87. The summed E-state index contributed by atoms with van der Waals surface area (Å²) >= 11 is 0. The molecule has 0 bridgehead atoms. The Bertz CT molecular complexity index is 946. The fourth-order valence-electron chi connectivity index (χ4n) is 4.09. The lowest BCUT2D eigenvalue weighted by Gasteiger charge is -2.34. The van der Waals surface area contributed by atoms with Crippen molar-refractivity contribution in [2.24, 2.45) is 0 Å².